The molecule has 3 N–H and O–H groups in total. The number of nitrogens with one attached hydrogen (secondary N) is 3. The van der Waals surface area contributed by atoms with Gasteiger partial charge in [0.25, 0.3) is 11.8 Å². The van der Waals surface area contributed by atoms with Crippen LogP contribution in [-0.4, -0.2) is 18.4 Å². The van der Waals surface area contributed by atoms with Crippen LogP contribution in [0.5, 0.6) is 0 Å². The zero-order valence-electron chi connectivity index (χ0n) is 14.5. The molecule has 0 atom stereocenters. The highest BCUT2D eigenvalue weighted by Gasteiger charge is 2.10. The third-order valence-corrected chi connectivity index (χ3v) is 3.76. The largest absolute Gasteiger partial charge is 0.376 e. The van der Waals surface area contributed by atoms with Gasteiger partial charge in [-0.15, -0.1) is 0 Å². The fraction of sp³-hybridized carbons (Fsp3) is 0.263. The van der Waals surface area contributed by atoms with Gasteiger partial charge in [-0.25, -0.2) is 0 Å². The Labute approximate surface area is 142 Å². The van der Waals surface area contributed by atoms with Crippen molar-refractivity contribution >= 4 is 17.5 Å². The highest BCUT2D eigenvalue weighted by Crippen LogP contribution is 2.15. The number of hydrogen-bond acceptors (Lipinski definition) is 3. The molecule has 2 rings (SSSR count). The molecule has 0 saturated carbocycles. The number of carbonyl (C=O) groups excluding carboxylic acids is 2. The number of benzene rings is 2. The number of rotatable bonds is 4. The second kappa shape index (κ2) is 7.64. The minimum absolute atomic E-state index is 0.0804. The molecule has 0 radical (unpaired) electrons. The van der Waals surface area contributed by atoms with E-state index in [0.29, 0.717) is 5.56 Å². The smallest absolute Gasteiger partial charge is 0.269 e. The van der Waals surface area contributed by atoms with E-state index in [1.165, 1.54) is 5.56 Å². The van der Waals surface area contributed by atoms with Gasteiger partial charge < -0.3 is 5.32 Å². The van der Waals surface area contributed by atoms with Crippen LogP contribution in [0, 0.1) is 27.7 Å². The molecule has 2 amide bonds. The summed E-state index contributed by atoms with van der Waals surface area (Å²) in [5, 5.41) is 3.06. The van der Waals surface area contributed by atoms with Crippen LogP contribution in [0.1, 0.15) is 32.6 Å². The summed E-state index contributed by atoms with van der Waals surface area (Å²) < 4.78 is 0. The zero-order valence-corrected chi connectivity index (χ0v) is 14.5. The van der Waals surface area contributed by atoms with Crippen molar-refractivity contribution in [3.8, 4) is 0 Å². The molecule has 0 aromatic heterocycles. The molecule has 0 aliphatic heterocycles. The van der Waals surface area contributed by atoms with E-state index in [1.807, 2.05) is 58.0 Å². The van der Waals surface area contributed by atoms with Gasteiger partial charge in [0.05, 0.1) is 6.54 Å². The third-order valence-electron chi connectivity index (χ3n) is 3.76. The van der Waals surface area contributed by atoms with Gasteiger partial charge in [-0.2, -0.15) is 0 Å². The van der Waals surface area contributed by atoms with Gasteiger partial charge in [-0.3, -0.25) is 20.4 Å². The standard InChI is InChI=1S/C19H23N3O2/c1-12-5-7-16(14(3)9-12)19(24)22-21-18(23)11-20-17-8-6-13(2)10-15(17)4/h5-10,20H,11H2,1-4H3,(H,21,23)(H,22,24). The minimum Gasteiger partial charge on any atom is -0.376 e. The summed E-state index contributed by atoms with van der Waals surface area (Å²) in [6.07, 6.45) is 0. The van der Waals surface area contributed by atoms with Crippen LogP contribution in [0.3, 0.4) is 0 Å². The Balaban J connectivity index is 1.85. The fourth-order valence-electron chi connectivity index (χ4n) is 2.49. The molecule has 0 saturated heterocycles. The molecule has 2 aromatic carbocycles. The predicted octanol–water partition coefficient (Wildman–Crippen LogP) is 2.79. The summed E-state index contributed by atoms with van der Waals surface area (Å²) in [4.78, 5) is 24.0. The molecule has 0 unspecified atom stereocenters. The lowest BCUT2D eigenvalue weighted by atomic mass is 10.1. The van der Waals surface area contributed by atoms with Crippen LogP contribution >= 0.6 is 0 Å². The Hall–Kier alpha value is -2.82. The molecule has 5 heteroatoms. The van der Waals surface area contributed by atoms with Crippen molar-refractivity contribution in [2.75, 3.05) is 11.9 Å². The first kappa shape index (κ1) is 17.5. The van der Waals surface area contributed by atoms with E-state index >= 15 is 0 Å². The Morgan fingerprint density at radius 2 is 1.46 bits per heavy atom. The molecule has 24 heavy (non-hydrogen) atoms. The van der Waals surface area contributed by atoms with Gasteiger partial charge >= 0.3 is 0 Å². The Morgan fingerprint density at radius 3 is 2.08 bits per heavy atom. The van der Waals surface area contributed by atoms with Gasteiger partial charge in [0, 0.05) is 11.3 Å². The maximum absolute atomic E-state index is 12.1. The first-order valence-corrected chi connectivity index (χ1v) is 7.84. The average Bonchev–Trinajstić information content (AvgIpc) is 2.51. The number of anilines is 1. The quantitative estimate of drug-likeness (QED) is 0.757. The second-order valence-electron chi connectivity index (χ2n) is 5.99. The number of amides is 2. The highest BCUT2D eigenvalue weighted by molar-refractivity contribution is 5.97. The van der Waals surface area contributed by atoms with E-state index in [-0.39, 0.29) is 18.4 Å². The van der Waals surface area contributed by atoms with E-state index in [1.54, 1.807) is 6.07 Å². The third kappa shape index (κ3) is 4.59. The summed E-state index contributed by atoms with van der Waals surface area (Å²) >= 11 is 0. The van der Waals surface area contributed by atoms with Crippen LogP contribution in [0.2, 0.25) is 0 Å². The fourth-order valence-corrected chi connectivity index (χ4v) is 2.49. The Kier molecular flexibility index (Phi) is 5.58. The molecule has 0 aliphatic carbocycles. The number of carbonyl (C=O) groups is 2. The van der Waals surface area contributed by atoms with Crippen LogP contribution < -0.4 is 16.2 Å². The first-order chi connectivity index (χ1) is 11.4. The molecule has 0 aliphatic rings. The lowest BCUT2D eigenvalue weighted by Crippen LogP contribution is -2.44. The second-order valence-corrected chi connectivity index (χ2v) is 5.99. The highest BCUT2D eigenvalue weighted by atomic mass is 16.2. The topological polar surface area (TPSA) is 70.2 Å². The van der Waals surface area contributed by atoms with Gasteiger partial charge in [0.15, 0.2) is 0 Å². The number of aryl methyl sites for hydroxylation is 4. The maximum Gasteiger partial charge on any atom is 0.269 e. The van der Waals surface area contributed by atoms with Crippen molar-refractivity contribution in [1.82, 2.24) is 10.9 Å². The molecule has 0 heterocycles. The van der Waals surface area contributed by atoms with Crippen molar-refractivity contribution in [2.45, 2.75) is 27.7 Å². The molecular formula is C19H23N3O2. The SMILES string of the molecule is Cc1ccc(NCC(=O)NNC(=O)c2ccc(C)cc2C)c(C)c1. The van der Waals surface area contributed by atoms with E-state index in [0.717, 1.165) is 22.4 Å². The summed E-state index contributed by atoms with van der Waals surface area (Å²) in [5.74, 6) is -0.638. The lowest BCUT2D eigenvalue weighted by molar-refractivity contribution is -0.120. The molecule has 2 aromatic rings. The Morgan fingerprint density at radius 1 is 0.833 bits per heavy atom. The van der Waals surface area contributed by atoms with Crippen molar-refractivity contribution < 1.29 is 9.59 Å². The van der Waals surface area contributed by atoms with Crippen molar-refractivity contribution in [3.63, 3.8) is 0 Å². The van der Waals surface area contributed by atoms with Crippen molar-refractivity contribution in [2.24, 2.45) is 0 Å². The number of hydrazine groups is 1. The average molecular weight is 325 g/mol. The van der Waals surface area contributed by atoms with Crippen molar-refractivity contribution in [3.05, 3.63) is 64.2 Å². The predicted molar refractivity (Wildman–Crippen MR) is 95.9 cm³/mol. The van der Waals surface area contributed by atoms with Gasteiger partial charge in [0.2, 0.25) is 0 Å². The summed E-state index contributed by atoms with van der Waals surface area (Å²) in [6.45, 7) is 7.92. The molecule has 0 bridgehead atoms. The van der Waals surface area contributed by atoms with Crippen LogP contribution in [0.25, 0.3) is 0 Å². The van der Waals surface area contributed by atoms with E-state index in [9.17, 15) is 9.59 Å². The molecule has 0 fully saturated rings. The number of hydrogen-bond donors (Lipinski definition) is 3. The van der Waals surface area contributed by atoms with Crippen LogP contribution in [-0.2, 0) is 4.79 Å². The van der Waals surface area contributed by atoms with Crippen LogP contribution in [0.4, 0.5) is 5.69 Å². The summed E-state index contributed by atoms with van der Waals surface area (Å²) in [7, 11) is 0. The van der Waals surface area contributed by atoms with Gasteiger partial charge in [0.1, 0.15) is 0 Å². The zero-order chi connectivity index (χ0) is 17.7. The molecule has 5 nitrogen and oxygen atoms in total. The van der Waals surface area contributed by atoms with E-state index < -0.39 is 0 Å². The van der Waals surface area contributed by atoms with E-state index in [4.69, 9.17) is 0 Å². The van der Waals surface area contributed by atoms with Gasteiger partial charge in [-0.05, 0) is 51.0 Å². The summed E-state index contributed by atoms with van der Waals surface area (Å²) in [6, 6.07) is 11.5. The molecular weight excluding hydrogens is 302 g/mol. The van der Waals surface area contributed by atoms with E-state index in [2.05, 4.69) is 16.2 Å². The Bertz CT molecular complexity index is 769. The lowest BCUT2D eigenvalue weighted by Gasteiger charge is -2.12. The normalized spacial score (nSPS) is 10.2. The monoisotopic (exact) mass is 325 g/mol. The first-order valence-electron chi connectivity index (χ1n) is 7.84. The summed E-state index contributed by atoms with van der Waals surface area (Å²) in [5.41, 5.74) is 10.5. The molecule has 0 spiro atoms. The van der Waals surface area contributed by atoms with Crippen molar-refractivity contribution in [1.29, 1.82) is 0 Å². The molecule has 126 valence electrons. The van der Waals surface area contributed by atoms with Gasteiger partial charge in [-0.1, -0.05) is 35.4 Å². The maximum atomic E-state index is 12.1. The van der Waals surface area contributed by atoms with Crippen LogP contribution in [0.15, 0.2) is 36.4 Å². The minimum atomic E-state index is -0.327.